The lowest BCUT2D eigenvalue weighted by Gasteiger charge is -2.11. The molecule has 1 aromatic heterocycles. The van der Waals surface area contributed by atoms with Crippen molar-refractivity contribution in [3.63, 3.8) is 0 Å². The second-order valence-corrected chi connectivity index (χ2v) is 7.71. The number of unbranched alkanes of at least 4 members (excludes halogenated alkanes) is 1. The fraction of sp³-hybridized carbons (Fsp3) is 0.520. The summed E-state index contributed by atoms with van der Waals surface area (Å²) in [6.45, 7) is 12.4. The summed E-state index contributed by atoms with van der Waals surface area (Å²) in [7, 11) is 0. The van der Waals surface area contributed by atoms with Gasteiger partial charge in [0.05, 0.1) is 0 Å². The minimum absolute atomic E-state index is 0.00460. The first-order valence-electron chi connectivity index (χ1n) is 11.4. The van der Waals surface area contributed by atoms with E-state index in [1.807, 2.05) is 35.8 Å². The summed E-state index contributed by atoms with van der Waals surface area (Å²) in [5.74, 6) is 4.30. The number of fused-ring (bicyclic) bond motifs is 1. The monoisotopic (exact) mass is 446 g/mol. The Kier molecular flexibility index (Phi) is 15.6. The lowest BCUT2D eigenvalue weighted by molar-refractivity contribution is -0.137. The predicted molar refractivity (Wildman–Crippen MR) is 133 cm³/mol. The van der Waals surface area contributed by atoms with Gasteiger partial charge in [0.15, 0.2) is 0 Å². The molecule has 32 heavy (non-hydrogen) atoms. The van der Waals surface area contributed by atoms with Crippen LogP contribution in [0.25, 0.3) is 10.9 Å². The number of carboxylic acids is 1. The van der Waals surface area contributed by atoms with Crippen LogP contribution in [0.1, 0.15) is 64.1 Å². The van der Waals surface area contributed by atoms with Crippen molar-refractivity contribution < 1.29 is 14.7 Å². The van der Waals surface area contributed by atoms with Crippen LogP contribution in [0.4, 0.5) is 0 Å². The number of aliphatic carboxylic acids is 1. The molecule has 0 radical (unpaired) electrons. The second-order valence-electron chi connectivity index (χ2n) is 7.71. The van der Waals surface area contributed by atoms with Gasteiger partial charge in [-0.15, -0.1) is 6.58 Å². The molecule has 1 heterocycles. The van der Waals surface area contributed by atoms with Gasteiger partial charge in [-0.1, -0.05) is 57.9 Å². The molecule has 1 aromatic carbocycles. The normalized spacial score (nSPS) is 10.9. The van der Waals surface area contributed by atoms with E-state index in [0.717, 1.165) is 60.1 Å². The van der Waals surface area contributed by atoms with Crippen molar-refractivity contribution in [2.45, 2.75) is 78.8 Å². The zero-order valence-corrected chi connectivity index (χ0v) is 20.2. The van der Waals surface area contributed by atoms with Crippen LogP contribution < -0.4 is 11.6 Å². The maximum atomic E-state index is 11.1. The molecule has 0 aliphatic heterocycles. The third-order valence-corrected chi connectivity index (χ3v) is 4.97. The molecule has 0 saturated carbocycles. The van der Waals surface area contributed by atoms with Crippen LogP contribution in [-0.2, 0) is 22.6 Å². The van der Waals surface area contributed by atoms with E-state index in [-0.39, 0.29) is 12.6 Å². The molecule has 0 bridgehead atoms. The largest absolute Gasteiger partial charge is 0.480 e. The zero-order chi connectivity index (χ0) is 24.5. The van der Waals surface area contributed by atoms with Crippen LogP contribution in [0.15, 0.2) is 36.9 Å². The smallest absolute Gasteiger partial charge is 0.323 e. The van der Waals surface area contributed by atoms with Gasteiger partial charge in [-0.2, -0.15) is 0 Å². The molecule has 0 unspecified atom stereocenters. The number of carbonyl (C=O) groups excluding carboxylic acids is 1. The molecule has 7 heteroatoms. The third-order valence-electron chi connectivity index (χ3n) is 4.97. The summed E-state index contributed by atoms with van der Waals surface area (Å²) in [5.41, 5.74) is 9.34. The van der Waals surface area contributed by atoms with Crippen LogP contribution in [0, 0.1) is 6.92 Å². The van der Waals surface area contributed by atoms with Crippen molar-refractivity contribution in [2.24, 2.45) is 11.6 Å². The average molecular weight is 447 g/mol. The number of para-hydroxylation sites is 1. The van der Waals surface area contributed by atoms with Gasteiger partial charge in [-0.25, -0.2) is 5.84 Å². The van der Waals surface area contributed by atoms with Crippen LogP contribution >= 0.6 is 0 Å². The van der Waals surface area contributed by atoms with Crippen LogP contribution in [0.5, 0.6) is 0 Å². The lowest BCUT2D eigenvalue weighted by atomic mass is 10.0. The molecule has 1 amide bonds. The van der Waals surface area contributed by atoms with Crippen molar-refractivity contribution in [1.29, 1.82) is 0 Å². The molecule has 0 spiro atoms. The molecule has 0 aliphatic carbocycles. The highest BCUT2D eigenvalue weighted by Gasteiger charge is 2.17. The third kappa shape index (κ3) is 10.6. The molecular weight excluding hydrogens is 404 g/mol. The number of aromatic nitrogens is 1. The minimum atomic E-state index is -0.821. The van der Waals surface area contributed by atoms with E-state index in [0.29, 0.717) is 13.0 Å². The maximum Gasteiger partial charge on any atom is 0.323 e. The highest BCUT2D eigenvalue weighted by atomic mass is 16.4. The number of amides is 1. The summed E-state index contributed by atoms with van der Waals surface area (Å²) < 4.78 is 1.87. The highest BCUT2D eigenvalue weighted by Crippen LogP contribution is 2.27. The van der Waals surface area contributed by atoms with E-state index in [1.165, 1.54) is 5.56 Å². The van der Waals surface area contributed by atoms with Crippen LogP contribution in [0.2, 0.25) is 0 Å². The Morgan fingerprint density at radius 2 is 1.88 bits per heavy atom. The number of rotatable bonds is 11. The molecule has 1 atom stereocenters. The Morgan fingerprint density at radius 1 is 1.25 bits per heavy atom. The topological polar surface area (TPSA) is 115 Å². The minimum Gasteiger partial charge on any atom is -0.480 e. The predicted octanol–water partition coefficient (Wildman–Crippen LogP) is 4.41. The van der Waals surface area contributed by atoms with Gasteiger partial charge >= 0.3 is 5.97 Å². The summed E-state index contributed by atoms with van der Waals surface area (Å²) in [6.07, 6.45) is 8.49. The molecule has 7 nitrogen and oxygen atoms in total. The first kappa shape index (κ1) is 29.4. The van der Waals surface area contributed by atoms with E-state index in [1.54, 1.807) is 0 Å². The number of nitrogens with two attached hydrogens (primary N) is 2. The van der Waals surface area contributed by atoms with Gasteiger partial charge in [0.25, 0.3) is 0 Å². The summed E-state index contributed by atoms with van der Waals surface area (Å²) >= 11 is 0. The molecule has 0 saturated heterocycles. The van der Waals surface area contributed by atoms with E-state index >= 15 is 0 Å². The van der Waals surface area contributed by atoms with Gasteiger partial charge in [0.2, 0.25) is 6.41 Å². The number of allylic oxidation sites excluding steroid dienone is 1. The number of hydrazine groups is 1. The van der Waals surface area contributed by atoms with Gasteiger partial charge in [-0.05, 0) is 44.2 Å². The molecule has 180 valence electrons. The van der Waals surface area contributed by atoms with Crippen molar-refractivity contribution in [2.75, 3.05) is 6.54 Å². The molecule has 0 aliphatic rings. The molecule has 0 fully saturated rings. The fourth-order valence-corrected chi connectivity index (χ4v) is 3.23. The maximum absolute atomic E-state index is 11.1. The number of carbonyl (C=O) groups is 2. The number of benzene rings is 1. The second kappa shape index (κ2) is 17.0. The van der Waals surface area contributed by atoms with Crippen LogP contribution in [0.3, 0.4) is 0 Å². The number of hydrogen-bond acceptors (Lipinski definition) is 4. The molecule has 2 rings (SSSR count). The first-order chi connectivity index (χ1) is 15.3. The molecular formula is C25H42N4O3. The summed E-state index contributed by atoms with van der Waals surface area (Å²) in [6, 6.07) is 8.08. The first-order valence-corrected chi connectivity index (χ1v) is 11.4. The number of hydrogen-bond donors (Lipinski definition) is 3. The van der Waals surface area contributed by atoms with Crippen molar-refractivity contribution in [3.05, 3.63) is 48.2 Å². The van der Waals surface area contributed by atoms with Gasteiger partial charge in [0, 0.05) is 29.2 Å². The molecule has 5 N–H and O–H groups in total. The summed E-state index contributed by atoms with van der Waals surface area (Å²) in [4.78, 5) is 20.9. The summed E-state index contributed by atoms with van der Waals surface area (Å²) in [5, 5.41) is 11.4. The number of carboxylic acid groups (broad SMARTS) is 1. The SMILES string of the molecule is C=CCC.CCCCN(N)C=O.CCC[C@@H](N)Cc1c(C)n(CC(=O)O)c2ccccc12. The standard InChI is InChI=1S/C16H22N2O2.C5H12N2O.C4H8/c1-3-6-12(17)9-14-11(2)18(10-16(19)20)15-8-5-4-7-13(14)15;1-2-3-4-7(6)5-8;1-3-4-2/h4-5,7-8,12H,3,6,9-10,17H2,1-2H3,(H,19,20);5H,2-4,6H2,1H3;3H,1,4H2,2H3/t12-;;/m1../s1. The lowest BCUT2D eigenvalue weighted by Crippen LogP contribution is -2.29. The fourth-order valence-electron chi connectivity index (χ4n) is 3.23. The highest BCUT2D eigenvalue weighted by molar-refractivity contribution is 5.86. The van der Waals surface area contributed by atoms with Crippen molar-refractivity contribution in [1.82, 2.24) is 9.58 Å². The quantitative estimate of drug-likeness (QED) is 0.156. The number of nitrogens with zero attached hydrogens (tertiary/aromatic N) is 2. The Morgan fingerprint density at radius 3 is 2.38 bits per heavy atom. The van der Waals surface area contributed by atoms with Crippen LogP contribution in [-0.4, -0.2) is 39.6 Å². The van der Waals surface area contributed by atoms with Gasteiger partial charge < -0.3 is 15.4 Å². The van der Waals surface area contributed by atoms with E-state index in [4.69, 9.17) is 16.7 Å². The Hall–Kier alpha value is -2.64. The zero-order valence-electron chi connectivity index (χ0n) is 20.2. The Balaban J connectivity index is 0.000000666. The van der Waals surface area contributed by atoms with E-state index in [2.05, 4.69) is 33.4 Å². The van der Waals surface area contributed by atoms with Gasteiger partial charge in [-0.3, -0.25) is 14.6 Å². The Labute approximate surface area is 193 Å². The van der Waals surface area contributed by atoms with Crippen molar-refractivity contribution in [3.8, 4) is 0 Å². The van der Waals surface area contributed by atoms with Gasteiger partial charge in [0.1, 0.15) is 6.54 Å². The Bertz CT molecular complexity index is 817. The van der Waals surface area contributed by atoms with E-state index < -0.39 is 5.97 Å². The average Bonchev–Trinajstić information content (AvgIpc) is 3.03. The molecule has 2 aromatic rings. The van der Waals surface area contributed by atoms with E-state index in [9.17, 15) is 9.59 Å². The van der Waals surface area contributed by atoms with Crippen molar-refractivity contribution >= 4 is 23.3 Å².